The number of fused-ring (bicyclic) bond motifs is 1. The molecule has 2 fully saturated rings. The number of ether oxygens (including phenoxy) is 2. The summed E-state index contributed by atoms with van der Waals surface area (Å²) in [5, 5.41) is 13.8. The monoisotopic (exact) mass is 500 g/mol. The summed E-state index contributed by atoms with van der Waals surface area (Å²) in [7, 11) is 0. The molecule has 2 N–H and O–H groups in total. The van der Waals surface area contributed by atoms with E-state index >= 15 is 0 Å². The number of nitrogens with one attached hydrogen (secondary N) is 2. The third-order valence-electron chi connectivity index (χ3n) is 6.44. The number of rotatable bonds is 7. The fraction of sp³-hybridized carbons (Fsp3) is 0.522. The molecule has 5 rings (SSSR count). The highest BCUT2D eigenvalue weighted by atomic mass is 32.1. The van der Waals surface area contributed by atoms with Crippen molar-refractivity contribution in [1.82, 2.24) is 25.3 Å². The van der Waals surface area contributed by atoms with Crippen LogP contribution in [-0.4, -0.2) is 83.8 Å². The third kappa shape index (κ3) is 5.54. The zero-order valence-electron chi connectivity index (χ0n) is 19.3. The van der Waals surface area contributed by atoms with E-state index in [1.165, 1.54) is 12.8 Å². The number of carbonyl (C=O) groups is 3. The van der Waals surface area contributed by atoms with Gasteiger partial charge in [0, 0.05) is 37.9 Å². The highest BCUT2D eigenvalue weighted by Gasteiger charge is 2.31. The molecule has 3 amide bonds. The van der Waals surface area contributed by atoms with E-state index < -0.39 is 5.91 Å². The van der Waals surface area contributed by atoms with E-state index in [-0.39, 0.29) is 34.5 Å². The van der Waals surface area contributed by atoms with E-state index in [1.54, 1.807) is 23.1 Å². The molecule has 12 heteroatoms. The summed E-state index contributed by atoms with van der Waals surface area (Å²) in [5.74, 6) is 0.145. The van der Waals surface area contributed by atoms with Gasteiger partial charge in [-0.25, -0.2) is 0 Å². The smallest absolute Gasteiger partial charge is 0.286 e. The Kier molecular flexibility index (Phi) is 7.09. The zero-order chi connectivity index (χ0) is 24.2. The normalized spacial score (nSPS) is 19.5. The Morgan fingerprint density at radius 2 is 1.83 bits per heavy atom. The molecule has 11 nitrogen and oxygen atoms in total. The SMILES string of the molecule is O=C(Nc1ccc2c(c1)OCO2)c1nnc(C(=O)N2CCC[C@@H](C(=O)NCCN3CCCC3)C2)s1. The first kappa shape index (κ1) is 23.5. The Balaban J connectivity index is 1.14. The molecule has 0 saturated carbocycles. The van der Waals surface area contributed by atoms with Crippen molar-refractivity contribution in [1.29, 1.82) is 0 Å². The van der Waals surface area contributed by atoms with E-state index in [0.29, 0.717) is 36.8 Å². The van der Waals surface area contributed by atoms with Gasteiger partial charge in [-0.2, -0.15) is 0 Å². The van der Waals surface area contributed by atoms with E-state index in [4.69, 9.17) is 9.47 Å². The predicted molar refractivity (Wildman–Crippen MR) is 128 cm³/mol. The number of likely N-dealkylation sites (tertiary alicyclic amines) is 2. The zero-order valence-corrected chi connectivity index (χ0v) is 20.1. The molecule has 1 aromatic carbocycles. The van der Waals surface area contributed by atoms with Crippen molar-refractivity contribution in [2.75, 3.05) is 51.4 Å². The van der Waals surface area contributed by atoms with Gasteiger partial charge in [0.15, 0.2) is 11.5 Å². The lowest BCUT2D eigenvalue weighted by atomic mass is 9.97. The summed E-state index contributed by atoms with van der Waals surface area (Å²) in [5.41, 5.74) is 0.525. The second kappa shape index (κ2) is 10.6. The number of aromatic nitrogens is 2. The fourth-order valence-electron chi connectivity index (χ4n) is 4.56. The minimum Gasteiger partial charge on any atom is -0.454 e. The van der Waals surface area contributed by atoms with Crippen LogP contribution in [0.15, 0.2) is 18.2 Å². The molecular formula is C23H28N6O5S. The first-order chi connectivity index (χ1) is 17.1. The number of nitrogens with zero attached hydrogens (tertiary/aromatic N) is 4. The number of benzene rings is 1. The number of hydrogen-bond donors (Lipinski definition) is 2. The predicted octanol–water partition coefficient (Wildman–Crippen LogP) is 1.58. The number of carbonyl (C=O) groups excluding carboxylic acids is 3. The Labute approximate surface area is 206 Å². The summed E-state index contributed by atoms with van der Waals surface area (Å²) in [6, 6.07) is 5.07. The van der Waals surface area contributed by atoms with Crippen LogP contribution >= 0.6 is 11.3 Å². The molecule has 0 spiro atoms. The first-order valence-electron chi connectivity index (χ1n) is 11.9. The van der Waals surface area contributed by atoms with Gasteiger partial charge in [0.05, 0.1) is 5.92 Å². The van der Waals surface area contributed by atoms with Crippen molar-refractivity contribution in [2.45, 2.75) is 25.7 Å². The molecule has 2 saturated heterocycles. The molecule has 0 unspecified atom stereocenters. The quantitative estimate of drug-likeness (QED) is 0.587. The van der Waals surface area contributed by atoms with Gasteiger partial charge in [-0.05, 0) is 50.9 Å². The lowest BCUT2D eigenvalue weighted by Gasteiger charge is -2.31. The van der Waals surface area contributed by atoms with E-state index in [2.05, 4.69) is 25.7 Å². The maximum atomic E-state index is 13.0. The standard InChI is InChI=1S/C23H28N6O5S/c30-19(24-7-11-28-8-1-2-9-28)15-4-3-10-29(13-15)23(32)22-27-26-21(35-22)20(31)25-16-5-6-17-18(12-16)34-14-33-17/h5-6,12,15H,1-4,7-11,13-14H2,(H,24,30)(H,25,31)/t15-/m1/s1. The van der Waals surface area contributed by atoms with Crippen LogP contribution in [0.1, 0.15) is 45.3 Å². The molecular weight excluding hydrogens is 472 g/mol. The van der Waals surface area contributed by atoms with Gasteiger partial charge in [0.25, 0.3) is 11.8 Å². The lowest BCUT2D eigenvalue weighted by Crippen LogP contribution is -2.46. The van der Waals surface area contributed by atoms with Crippen molar-refractivity contribution in [3.8, 4) is 11.5 Å². The van der Waals surface area contributed by atoms with Crippen LogP contribution in [0.5, 0.6) is 11.5 Å². The molecule has 0 aliphatic carbocycles. The van der Waals surface area contributed by atoms with E-state index in [0.717, 1.165) is 43.8 Å². The van der Waals surface area contributed by atoms with Crippen molar-refractivity contribution in [2.24, 2.45) is 5.92 Å². The van der Waals surface area contributed by atoms with Crippen molar-refractivity contribution >= 4 is 34.7 Å². The Morgan fingerprint density at radius 1 is 1.03 bits per heavy atom. The minimum absolute atomic E-state index is 0.0113. The molecule has 2 aromatic rings. The number of amides is 3. The average molecular weight is 501 g/mol. The topological polar surface area (TPSA) is 126 Å². The summed E-state index contributed by atoms with van der Waals surface area (Å²) < 4.78 is 10.6. The van der Waals surface area contributed by atoms with Crippen LogP contribution in [0.25, 0.3) is 0 Å². The van der Waals surface area contributed by atoms with Crippen LogP contribution in [0, 0.1) is 5.92 Å². The second-order valence-corrected chi connectivity index (χ2v) is 9.84. The lowest BCUT2D eigenvalue weighted by molar-refractivity contribution is -0.126. The molecule has 3 aliphatic rings. The van der Waals surface area contributed by atoms with Crippen LogP contribution in [0.2, 0.25) is 0 Å². The molecule has 0 radical (unpaired) electrons. The van der Waals surface area contributed by atoms with Crippen LogP contribution in [-0.2, 0) is 4.79 Å². The Morgan fingerprint density at radius 3 is 2.69 bits per heavy atom. The summed E-state index contributed by atoms with van der Waals surface area (Å²) >= 11 is 0.938. The van der Waals surface area contributed by atoms with E-state index in [1.807, 2.05) is 0 Å². The Hall–Kier alpha value is -3.25. The van der Waals surface area contributed by atoms with Crippen molar-refractivity contribution in [3.63, 3.8) is 0 Å². The van der Waals surface area contributed by atoms with E-state index in [9.17, 15) is 14.4 Å². The highest BCUT2D eigenvalue weighted by molar-refractivity contribution is 7.15. The molecule has 1 atom stereocenters. The van der Waals surface area contributed by atoms with Crippen LogP contribution in [0.4, 0.5) is 5.69 Å². The van der Waals surface area contributed by atoms with Crippen LogP contribution < -0.4 is 20.1 Å². The molecule has 3 aliphatic heterocycles. The van der Waals surface area contributed by atoms with Gasteiger partial charge in [0.2, 0.25) is 22.7 Å². The fourth-order valence-corrected chi connectivity index (χ4v) is 5.27. The Bertz CT molecular complexity index is 1100. The molecule has 4 heterocycles. The summed E-state index contributed by atoms with van der Waals surface area (Å²) in [6.45, 7) is 4.72. The van der Waals surface area contributed by atoms with Gasteiger partial charge in [-0.1, -0.05) is 11.3 Å². The van der Waals surface area contributed by atoms with Crippen molar-refractivity contribution < 1.29 is 23.9 Å². The highest BCUT2D eigenvalue weighted by Crippen LogP contribution is 2.34. The van der Waals surface area contributed by atoms with Gasteiger partial charge in [-0.3, -0.25) is 14.4 Å². The van der Waals surface area contributed by atoms with Gasteiger partial charge >= 0.3 is 0 Å². The van der Waals surface area contributed by atoms with Gasteiger partial charge in [-0.15, -0.1) is 10.2 Å². The average Bonchev–Trinajstić information content (AvgIpc) is 3.65. The first-order valence-corrected chi connectivity index (χ1v) is 12.7. The molecule has 0 bridgehead atoms. The van der Waals surface area contributed by atoms with Gasteiger partial charge in [0.1, 0.15) is 0 Å². The minimum atomic E-state index is -0.464. The van der Waals surface area contributed by atoms with Gasteiger partial charge < -0.3 is 29.9 Å². The summed E-state index contributed by atoms with van der Waals surface area (Å²) in [6.07, 6.45) is 3.94. The summed E-state index contributed by atoms with van der Waals surface area (Å²) in [4.78, 5) is 42.3. The van der Waals surface area contributed by atoms with Crippen LogP contribution in [0.3, 0.4) is 0 Å². The molecule has 1 aromatic heterocycles. The molecule has 186 valence electrons. The maximum Gasteiger partial charge on any atom is 0.286 e. The maximum absolute atomic E-state index is 13.0. The largest absolute Gasteiger partial charge is 0.454 e. The number of hydrogen-bond acceptors (Lipinski definition) is 9. The second-order valence-electron chi connectivity index (χ2n) is 8.86. The van der Waals surface area contributed by atoms with Crippen molar-refractivity contribution in [3.05, 3.63) is 28.2 Å². The molecule has 35 heavy (non-hydrogen) atoms. The third-order valence-corrected chi connectivity index (χ3v) is 7.35. The number of anilines is 1. The number of piperidine rings is 1.